The molecule has 2 heterocycles. The van der Waals surface area contributed by atoms with Gasteiger partial charge in [-0.15, -0.1) is 0 Å². The monoisotopic (exact) mass is 328 g/mol. The zero-order chi connectivity index (χ0) is 17.3. The van der Waals surface area contributed by atoms with Crippen molar-refractivity contribution in [2.24, 2.45) is 0 Å². The Labute approximate surface area is 140 Å². The maximum Gasteiger partial charge on any atom is 0.255 e. The maximum atomic E-state index is 12.6. The number of fused-ring (bicyclic) bond motifs is 1. The third-order valence-electron chi connectivity index (χ3n) is 4.39. The van der Waals surface area contributed by atoms with Crippen molar-refractivity contribution in [1.82, 2.24) is 20.9 Å². The first-order valence-electron chi connectivity index (χ1n) is 7.88. The lowest BCUT2D eigenvalue weighted by Crippen LogP contribution is -2.52. The summed E-state index contributed by atoms with van der Waals surface area (Å²) in [5.41, 5.74) is 3.37. The number of hydrogen-bond acceptors (Lipinski definition) is 5. The number of carbonyl (C=O) groups excluding carboxylic acids is 3. The quantitative estimate of drug-likeness (QED) is 0.686. The smallest absolute Gasteiger partial charge is 0.255 e. The molecule has 1 aromatic rings. The van der Waals surface area contributed by atoms with Crippen LogP contribution in [0.25, 0.3) is 5.70 Å². The lowest BCUT2D eigenvalue weighted by Gasteiger charge is -2.29. The van der Waals surface area contributed by atoms with Gasteiger partial charge in [-0.2, -0.15) is 0 Å². The van der Waals surface area contributed by atoms with Crippen LogP contribution >= 0.6 is 0 Å². The topological polar surface area (TPSA) is 90.5 Å². The van der Waals surface area contributed by atoms with Crippen molar-refractivity contribution in [3.8, 4) is 0 Å². The number of nitrogens with one attached hydrogen (secondary N) is 3. The van der Waals surface area contributed by atoms with Gasteiger partial charge in [0.2, 0.25) is 11.8 Å². The standard InChI is InChI=1S/C17H20N4O3/c1-18-8-13(19-2)10-3-4-12-11(7-10)9-21(17(12)24)14-5-6-15(22)20-16(14)23/h3-4,7-8,14,18-19H,5-6,9H2,1-2H3,(H,20,22,23)/b13-8-. The molecule has 1 saturated heterocycles. The molecule has 2 aliphatic heterocycles. The molecule has 3 rings (SSSR count). The summed E-state index contributed by atoms with van der Waals surface area (Å²) >= 11 is 0. The van der Waals surface area contributed by atoms with Crippen LogP contribution in [-0.2, 0) is 16.1 Å². The van der Waals surface area contributed by atoms with E-state index in [2.05, 4.69) is 16.0 Å². The largest absolute Gasteiger partial charge is 0.392 e. The van der Waals surface area contributed by atoms with Gasteiger partial charge in [0.25, 0.3) is 5.91 Å². The SMILES string of the molecule is CN/C=C(\NC)c1ccc2c(c1)CN(C1CCC(=O)NC1=O)C2=O. The Balaban J connectivity index is 1.86. The molecule has 1 aromatic carbocycles. The Kier molecular flexibility index (Phi) is 4.24. The predicted octanol–water partition coefficient (Wildman–Crippen LogP) is 0.185. The zero-order valence-electron chi connectivity index (χ0n) is 13.7. The molecule has 0 saturated carbocycles. The molecule has 0 radical (unpaired) electrons. The number of benzene rings is 1. The predicted molar refractivity (Wildman–Crippen MR) is 88.6 cm³/mol. The average molecular weight is 328 g/mol. The highest BCUT2D eigenvalue weighted by atomic mass is 16.2. The molecule has 3 amide bonds. The Morgan fingerprint density at radius 2 is 2.08 bits per heavy atom. The van der Waals surface area contributed by atoms with Crippen LogP contribution in [0.3, 0.4) is 0 Å². The maximum absolute atomic E-state index is 12.6. The van der Waals surface area contributed by atoms with Crippen LogP contribution in [0.5, 0.6) is 0 Å². The molecule has 0 aliphatic carbocycles. The highest BCUT2D eigenvalue weighted by molar-refractivity contribution is 6.05. The van der Waals surface area contributed by atoms with E-state index in [4.69, 9.17) is 0 Å². The first-order chi connectivity index (χ1) is 11.5. The summed E-state index contributed by atoms with van der Waals surface area (Å²) < 4.78 is 0. The van der Waals surface area contributed by atoms with E-state index < -0.39 is 11.9 Å². The van der Waals surface area contributed by atoms with Crippen molar-refractivity contribution in [1.29, 1.82) is 0 Å². The Hall–Kier alpha value is -2.83. The van der Waals surface area contributed by atoms with E-state index in [0.717, 1.165) is 16.8 Å². The van der Waals surface area contributed by atoms with Crippen molar-refractivity contribution < 1.29 is 14.4 Å². The fourth-order valence-electron chi connectivity index (χ4n) is 3.19. The van der Waals surface area contributed by atoms with Gasteiger partial charge in [-0.3, -0.25) is 19.7 Å². The Morgan fingerprint density at radius 3 is 2.75 bits per heavy atom. The van der Waals surface area contributed by atoms with E-state index in [0.29, 0.717) is 18.5 Å². The van der Waals surface area contributed by atoms with Gasteiger partial charge >= 0.3 is 0 Å². The number of hydrogen-bond donors (Lipinski definition) is 3. The van der Waals surface area contributed by atoms with Crippen LogP contribution in [0, 0.1) is 0 Å². The summed E-state index contributed by atoms with van der Waals surface area (Å²) in [5.74, 6) is -0.827. The van der Waals surface area contributed by atoms with Gasteiger partial charge in [0.15, 0.2) is 0 Å². The van der Waals surface area contributed by atoms with Gasteiger partial charge in [0.05, 0.1) is 5.70 Å². The Morgan fingerprint density at radius 1 is 1.29 bits per heavy atom. The van der Waals surface area contributed by atoms with Crippen LogP contribution in [0.1, 0.15) is 34.3 Å². The highest BCUT2D eigenvalue weighted by Crippen LogP contribution is 2.29. The molecular formula is C17H20N4O3. The number of imide groups is 1. The number of carbonyl (C=O) groups is 3. The van der Waals surface area contributed by atoms with Gasteiger partial charge in [-0.1, -0.05) is 6.07 Å². The lowest BCUT2D eigenvalue weighted by atomic mass is 10.0. The second kappa shape index (κ2) is 6.35. The van der Waals surface area contributed by atoms with E-state index in [1.54, 1.807) is 11.0 Å². The van der Waals surface area contributed by atoms with Crippen molar-refractivity contribution in [2.75, 3.05) is 14.1 Å². The van der Waals surface area contributed by atoms with Crippen LogP contribution in [0.4, 0.5) is 0 Å². The number of amides is 3. The van der Waals surface area contributed by atoms with E-state index in [9.17, 15) is 14.4 Å². The molecule has 1 fully saturated rings. The summed E-state index contributed by atoms with van der Waals surface area (Å²) in [6.45, 7) is 0.380. The van der Waals surface area contributed by atoms with E-state index in [1.807, 2.05) is 32.4 Å². The summed E-state index contributed by atoms with van der Waals surface area (Å²) in [6, 6.07) is 5.05. The van der Waals surface area contributed by atoms with Gasteiger partial charge < -0.3 is 15.5 Å². The molecule has 0 bridgehead atoms. The van der Waals surface area contributed by atoms with Crippen molar-refractivity contribution in [3.63, 3.8) is 0 Å². The molecule has 1 atom stereocenters. The molecule has 7 heteroatoms. The fraction of sp³-hybridized carbons (Fsp3) is 0.353. The normalized spacial score (nSPS) is 20.8. The molecule has 0 aromatic heterocycles. The van der Waals surface area contributed by atoms with E-state index >= 15 is 0 Å². The summed E-state index contributed by atoms with van der Waals surface area (Å²) in [7, 11) is 3.65. The van der Waals surface area contributed by atoms with Crippen molar-refractivity contribution in [3.05, 3.63) is 41.1 Å². The molecule has 7 nitrogen and oxygen atoms in total. The molecule has 3 N–H and O–H groups in total. The first kappa shape index (κ1) is 16.0. The summed E-state index contributed by atoms with van der Waals surface area (Å²) in [5, 5.41) is 8.39. The summed E-state index contributed by atoms with van der Waals surface area (Å²) in [4.78, 5) is 37.5. The van der Waals surface area contributed by atoms with Gasteiger partial charge in [0, 0.05) is 38.8 Å². The Bertz CT molecular complexity index is 741. The zero-order valence-corrected chi connectivity index (χ0v) is 13.7. The second-order valence-electron chi connectivity index (χ2n) is 5.87. The molecule has 2 aliphatic rings. The van der Waals surface area contributed by atoms with Gasteiger partial charge in [0.1, 0.15) is 6.04 Å². The fourth-order valence-corrected chi connectivity index (χ4v) is 3.19. The molecule has 0 spiro atoms. The first-order valence-corrected chi connectivity index (χ1v) is 7.88. The molecule has 1 unspecified atom stereocenters. The second-order valence-corrected chi connectivity index (χ2v) is 5.87. The lowest BCUT2D eigenvalue weighted by molar-refractivity contribution is -0.136. The number of nitrogens with zero attached hydrogens (tertiary/aromatic N) is 1. The van der Waals surface area contributed by atoms with Crippen molar-refractivity contribution in [2.45, 2.75) is 25.4 Å². The van der Waals surface area contributed by atoms with Gasteiger partial charge in [-0.25, -0.2) is 0 Å². The van der Waals surface area contributed by atoms with Crippen LogP contribution in [-0.4, -0.2) is 42.8 Å². The van der Waals surface area contributed by atoms with Crippen molar-refractivity contribution >= 4 is 23.4 Å². The summed E-state index contributed by atoms with van der Waals surface area (Å²) in [6.07, 6.45) is 2.48. The van der Waals surface area contributed by atoms with E-state index in [1.165, 1.54) is 0 Å². The average Bonchev–Trinajstić information content (AvgIpc) is 2.89. The molecular weight excluding hydrogens is 308 g/mol. The van der Waals surface area contributed by atoms with Crippen LogP contribution in [0.2, 0.25) is 0 Å². The molecule has 126 valence electrons. The van der Waals surface area contributed by atoms with Gasteiger partial charge in [-0.05, 0) is 29.7 Å². The minimum atomic E-state index is -0.581. The number of rotatable bonds is 4. The van der Waals surface area contributed by atoms with Crippen LogP contribution in [0.15, 0.2) is 24.4 Å². The third kappa shape index (κ3) is 2.73. The highest BCUT2D eigenvalue weighted by Gasteiger charge is 2.39. The third-order valence-corrected chi connectivity index (χ3v) is 4.39. The van der Waals surface area contributed by atoms with Crippen LogP contribution < -0.4 is 16.0 Å². The minimum absolute atomic E-state index is 0.158. The van der Waals surface area contributed by atoms with E-state index in [-0.39, 0.29) is 18.2 Å². The number of piperidine rings is 1. The molecule has 24 heavy (non-hydrogen) atoms. The minimum Gasteiger partial charge on any atom is -0.392 e.